The van der Waals surface area contributed by atoms with Crippen LogP contribution in [0.15, 0.2) is 462 Å². The van der Waals surface area contributed by atoms with Gasteiger partial charge in [0.15, 0.2) is 0 Å². The Bertz CT molecular complexity index is 4540. The van der Waals surface area contributed by atoms with Crippen molar-refractivity contribution in [3.8, 4) is 0 Å². The molecule has 2 radical (unpaired) electrons. The third-order valence-corrected chi connectivity index (χ3v) is 28.4. The summed E-state index contributed by atoms with van der Waals surface area (Å²) < 4.78 is 0. The molecule has 0 spiro atoms. The molecule has 706 valence electrons. The van der Waals surface area contributed by atoms with Crippen LogP contribution in [0.25, 0.3) is 43.6 Å². The van der Waals surface area contributed by atoms with E-state index in [1.165, 1.54) is 63.7 Å². The molecular formula is C96H80Cu2Mo6N4O19P4-30. The number of rotatable bonds is 12. The molecule has 0 atom stereocenters. The van der Waals surface area contributed by atoms with E-state index < -0.39 is 31.7 Å². The predicted molar refractivity (Wildman–Crippen MR) is 473 cm³/mol. The van der Waals surface area contributed by atoms with Gasteiger partial charge in [-0.1, -0.05) is 267 Å². The van der Waals surface area contributed by atoms with Gasteiger partial charge >= 0.3 is 34.1 Å². The van der Waals surface area contributed by atoms with Gasteiger partial charge in [0.2, 0.25) is 0 Å². The molecule has 0 amide bonds. The normalized spacial score (nSPS) is 8.46. The van der Waals surface area contributed by atoms with Crippen LogP contribution in [0.1, 0.15) is 0 Å². The summed E-state index contributed by atoms with van der Waals surface area (Å²) in [6.45, 7) is 0. The average molecular weight is 2420 g/mol. The maximum absolute atomic E-state index is 4.35. The Morgan fingerprint density at radius 1 is 0.115 bits per heavy atom. The SMILES string of the molecule is [Cu+2].[Cu+2].[Mo].[Mo].[Mo].[Mo].[Mo].[Mo].[O-2].[O-2].[O-2].[O-2].[O-2].[O-2].[O-2].[O-2].[O-2].[O-2].[O-2].[O-2].[O-2].[O-2].[O-2].[O-2].[O-2].[O-2].[O-2].c1ccc([PH+](c2ccccc2)c2ccccc2)cc1.c1ccc([PH+](c2ccccc2)c2ccccc2)cc1.c1ccc([PH+](c2ccccc2)c2ccccc2)cc1.c1ccc([PH+](c2ccccc2)c2ccccc2)cc1.c1cnc2c(c1)ccc1cccnc12.c1cnc2c(c1)ccc1cccnc12. The first-order valence-corrected chi connectivity index (χ1v) is 41.0. The van der Waals surface area contributed by atoms with Crippen LogP contribution in [0.3, 0.4) is 0 Å². The van der Waals surface area contributed by atoms with Crippen molar-refractivity contribution in [2.75, 3.05) is 0 Å². The van der Waals surface area contributed by atoms with E-state index in [9.17, 15) is 0 Å². The Kier molecular flexibility index (Phi) is 105. The van der Waals surface area contributed by atoms with Gasteiger partial charge in [-0.2, -0.15) is 0 Å². The molecule has 0 aliphatic rings. The molecule has 18 aromatic rings. The van der Waals surface area contributed by atoms with Crippen molar-refractivity contribution >= 4 is 139 Å². The second-order valence-corrected chi connectivity index (χ2v) is 34.3. The first kappa shape index (κ1) is 158. The zero-order valence-corrected chi connectivity index (χ0v) is 86.4. The number of pyridine rings is 4. The first-order valence-electron chi connectivity index (χ1n) is 35.0. The van der Waals surface area contributed by atoms with Crippen molar-refractivity contribution in [2.45, 2.75) is 0 Å². The van der Waals surface area contributed by atoms with Gasteiger partial charge in [0, 0.05) is 173 Å². The van der Waals surface area contributed by atoms with Crippen LogP contribution in [0, 0.1) is 0 Å². The quantitative estimate of drug-likeness (QED) is 0.0653. The molecule has 23 nitrogen and oxygen atoms in total. The zero-order chi connectivity index (χ0) is 70.4. The molecule has 4 aromatic heterocycles. The smallest absolute Gasteiger partial charge is 2.00 e. The minimum Gasteiger partial charge on any atom is -2.00 e. The second-order valence-electron chi connectivity index (χ2n) is 24.3. The van der Waals surface area contributed by atoms with Crippen molar-refractivity contribution in [3.05, 3.63) is 462 Å². The largest absolute Gasteiger partial charge is 2.00 e. The molecule has 4 heterocycles. The standard InChI is InChI=1S/4C18H15P.2C12H8N2.2Cu.6Mo.19O/c4*1-4-10-16(11-5-1)19(17-12-6-2-7-13-17)18-14-8-3-9-15-18;2*1-3-9-5-6-10-4-2-8-14-12(10)11(9)13-7-1;;;;;;;;;;;;;;;;;;;;;;;;;;;/h4*1-15H;2*1-8H;;;;;;;;;;;;;;;;;;;;;;;;;;;/q;;;;;;2*+2;;;;;;;19*-2/p+4. The Labute approximate surface area is 875 Å². The maximum atomic E-state index is 4.35. The van der Waals surface area contributed by atoms with Crippen LogP contribution < -0.4 is 63.7 Å². The maximum Gasteiger partial charge on any atom is 2.00 e. The summed E-state index contributed by atoms with van der Waals surface area (Å²) in [5.74, 6) is 0. The summed E-state index contributed by atoms with van der Waals surface area (Å²) in [5, 5.41) is 21.8. The molecular weight excluding hydrogens is 2340 g/mol. The summed E-state index contributed by atoms with van der Waals surface area (Å²) in [5.41, 5.74) is 3.91. The predicted octanol–water partition coefficient (Wildman–Crippen LogP) is 16.0. The first-order chi connectivity index (χ1) is 51.7. The molecule has 0 bridgehead atoms. The molecule has 35 heteroatoms. The van der Waals surface area contributed by atoms with Gasteiger partial charge < -0.3 is 104 Å². The Balaban J connectivity index is -0.0000000913. The van der Waals surface area contributed by atoms with E-state index in [4.69, 9.17) is 0 Å². The van der Waals surface area contributed by atoms with Crippen molar-refractivity contribution in [1.82, 2.24) is 19.9 Å². The topological polar surface area (TPSA) is 593 Å². The van der Waals surface area contributed by atoms with Crippen LogP contribution >= 0.6 is 31.7 Å². The van der Waals surface area contributed by atoms with Crippen molar-refractivity contribution in [2.24, 2.45) is 0 Å². The molecule has 0 N–H and O–H groups in total. The van der Waals surface area contributed by atoms with Gasteiger partial charge in [-0.3, -0.25) is 19.9 Å². The zero-order valence-electron chi connectivity index (χ0n) is 68.5. The van der Waals surface area contributed by atoms with E-state index >= 15 is 0 Å². The van der Waals surface area contributed by atoms with Gasteiger partial charge in [0.25, 0.3) is 0 Å². The molecule has 0 aliphatic carbocycles. The Hall–Kier alpha value is -7.15. The molecule has 14 aromatic carbocycles. The summed E-state index contributed by atoms with van der Waals surface area (Å²) in [6, 6.07) is 154. The number of fused-ring (bicyclic) bond motifs is 6. The van der Waals surface area contributed by atoms with E-state index in [2.05, 4.69) is 432 Å². The number of benzene rings is 14. The van der Waals surface area contributed by atoms with Crippen LogP contribution in [0.5, 0.6) is 0 Å². The second kappa shape index (κ2) is 86.9. The van der Waals surface area contributed by atoms with Gasteiger partial charge in [0.1, 0.15) is 63.7 Å². The van der Waals surface area contributed by atoms with Crippen LogP contribution in [0.4, 0.5) is 0 Å². The van der Waals surface area contributed by atoms with E-state index in [0.717, 1.165) is 43.6 Å². The summed E-state index contributed by atoms with van der Waals surface area (Å²) >= 11 is 0. The fourth-order valence-electron chi connectivity index (χ4n) is 12.6. The molecule has 0 fully saturated rings. The average Bonchev–Trinajstić information content (AvgIpc) is 0.777. The summed E-state index contributed by atoms with van der Waals surface area (Å²) in [4.78, 5) is 17.4. The number of hydrogen-bond donors (Lipinski definition) is 0. The summed E-state index contributed by atoms with van der Waals surface area (Å²) in [6.07, 6.45) is 7.21. The number of nitrogens with zero attached hydrogens (tertiary/aromatic N) is 4. The van der Waals surface area contributed by atoms with Crippen LogP contribution in [-0.2, 0) is 265 Å². The fourth-order valence-corrected chi connectivity index (χ4v) is 22.9. The van der Waals surface area contributed by atoms with Gasteiger partial charge in [-0.15, -0.1) is 0 Å². The van der Waals surface area contributed by atoms with Gasteiger partial charge in [-0.05, 0) is 170 Å². The number of hydrogen-bond acceptors (Lipinski definition) is 4. The molecule has 0 saturated heterocycles. The minimum atomic E-state index is -0.877. The summed E-state index contributed by atoms with van der Waals surface area (Å²) in [7, 11) is -3.51. The monoisotopic (exact) mass is 2430 g/mol. The van der Waals surface area contributed by atoms with E-state index in [-0.39, 0.29) is 265 Å². The molecule has 0 saturated carbocycles. The third kappa shape index (κ3) is 45.4. The van der Waals surface area contributed by atoms with Crippen molar-refractivity contribution < 1.29 is 265 Å². The fraction of sp³-hybridized carbons (Fsp3) is 0. The molecule has 131 heavy (non-hydrogen) atoms. The van der Waals surface area contributed by atoms with Crippen LogP contribution in [0.2, 0.25) is 0 Å². The van der Waals surface area contributed by atoms with Gasteiger partial charge in [-0.25, -0.2) is 0 Å². The Morgan fingerprint density at radius 2 is 0.206 bits per heavy atom. The van der Waals surface area contributed by atoms with E-state index in [1.54, 1.807) is 24.8 Å². The van der Waals surface area contributed by atoms with Crippen molar-refractivity contribution in [1.29, 1.82) is 0 Å². The molecule has 0 aliphatic heterocycles. The number of aromatic nitrogens is 4. The van der Waals surface area contributed by atoms with E-state index in [1.807, 2.05) is 24.3 Å². The van der Waals surface area contributed by atoms with Crippen LogP contribution in [-0.4, -0.2) is 19.9 Å². The van der Waals surface area contributed by atoms with E-state index in [0.29, 0.717) is 0 Å². The van der Waals surface area contributed by atoms with Crippen molar-refractivity contribution in [3.63, 3.8) is 0 Å². The van der Waals surface area contributed by atoms with Gasteiger partial charge in [0.05, 0.1) is 53.8 Å². The minimum absolute atomic E-state index is 0. The Morgan fingerprint density at radius 3 is 0.298 bits per heavy atom. The molecule has 0 unspecified atom stereocenters. The molecule has 18 rings (SSSR count). The third-order valence-electron chi connectivity index (χ3n) is 17.4.